The number of furan rings is 1. The van der Waals surface area contributed by atoms with Crippen molar-refractivity contribution in [1.29, 1.82) is 0 Å². The van der Waals surface area contributed by atoms with Gasteiger partial charge in [-0.3, -0.25) is 14.6 Å². The molecule has 4 rings (SSSR count). The van der Waals surface area contributed by atoms with Crippen molar-refractivity contribution in [2.24, 2.45) is 0 Å². The molecule has 0 unspecified atom stereocenters. The van der Waals surface area contributed by atoms with E-state index < -0.39 is 0 Å². The van der Waals surface area contributed by atoms with Crippen LogP contribution in [0.15, 0.2) is 47.5 Å². The van der Waals surface area contributed by atoms with Crippen molar-refractivity contribution >= 4 is 11.8 Å². The Morgan fingerprint density at radius 3 is 2.79 bits per heavy atom. The molecule has 2 aromatic rings. The minimum atomic E-state index is -0.00513. The number of pyridine rings is 1. The Morgan fingerprint density at radius 2 is 2.04 bits per heavy atom. The van der Waals surface area contributed by atoms with Gasteiger partial charge in [-0.2, -0.15) is 0 Å². The number of likely N-dealkylation sites (tertiary alicyclic amines) is 2. The average Bonchev–Trinajstić information content (AvgIpc) is 3.27. The standard InChI is InChI=1S/C18H19N3O3/c22-17-2-1-15-16(21(17)11-13-3-7-19-8-4-13)5-9-20(15)18(23)14-6-10-24-12-14/h3-4,6-8,10,12,15-16H,1-2,5,9,11H2/t15-,16-/m1/s1. The number of fused-ring (bicyclic) bond motifs is 1. The van der Waals surface area contributed by atoms with Crippen LogP contribution in [0.4, 0.5) is 0 Å². The van der Waals surface area contributed by atoms with E-state index in [1.54, 1.807) is 18.5 Å². The van der Waals surface area contributed by atoms with Crippen LogP contribution in [-0.2, 0) is 11.3 Å². The Balaban J connectivity index is 1.54. The molecule has 2 aromatic heterocycles. The Bertz CT molecular complexity index is 729. The smallest absolute Gasteiger partial charge is 0.257 e. The molecule has 6 nitrogen and oxygen atoms in total. The fourth-order valence-corrected chi connectivity index (χ4v) is 3.84. The van der Waals surface area contributed by atoms with Crippen LogP contribution in [0.3, 0.4) is 0 Å². The molecule has 0 aromatic carbocycles. The molecule has 124 valence electrons. The van der Waals surface area contributed by atoms with E-state index in [0.717, 1.165) is 18.4 Å². The van der Waals surface area contributed by atoms with Gasteiger partial charge in [0.2, 0.25) is 5.91 Å². The van der Waals surface area contributed by atoms with Crippen LogP contribution < -0.4 is 0 Å². The molecule has 2 aliphatic rings. The van der Waals surface area contributed by atoms with E-state index in [1.165, 1.54) is 12.5 Å². The lowest BCUT2D eigenvalue weighted by Gasteiger charge is -2.39. The highest BCUT2D eigenvalue weighted by Gasteiger charge is 2.44. The summed E-state index contributed by atoms with van der Waals surface area (Å²) in [6.07, 6.45) is 8.53. The number of carbonyl (C=O) groups is 2. The monoisotopic (exact) mass is 325 g/mol. The largest absolute Gasteiger partial charge is 0.472 e. The van der Waals surface area contributed by atoms with Gasteiger partial charge in [0.1, 0.15) is 6.26 Å². The van der Waals surface area contributed by atoms with Gasteiger partial charge in [0.15, 0.2) is 0 Å². The summed E-state index contributed by atoms with van der Waals surface area (Å²) >= 11 is 0. The molecular formula is C18H19N3O3. The summed E-state index contributed by atoms with van der Waals surface area (Å²) in [6.45, 7) is 1.26. The summed E-state index contributed by atoms with van der Waals surface area (Å²) < 4.78 is 5.03. The molecule has 2 saturated heterocycles. The fraction of sp³-hybridized carbons (Fsp3) is 0.389. The third-order valence-electron chi connectivity index (χ3n) is 5.02. The number of aromatic nitrogens is 1. The van der Waals surface area contributed by atoms with Gasteiger partial charge in [-0.25, -0.2) is 0 Å². The molecule has 6 heteroatoms. The molecule has 2 atom stereocenters. The first kappa shape index (κ1) is 14.9. The first-order chi connectivity index (χ1) is 11.7. The number of hydrogen-bond acceptors (Lipinski definition) is 4. The second-order valence-electron chi connectivity index (χ2n) is 6.35. The predicted octanol–water partition coefficient (Wildman–Crippen LogP) is 2.08. The lowest BCUT2D eigenvalue weighted by atomic mass is 9.95. The second kappa shape index (κ2) is 6.11. The van der Waals surface area contributed by atoms with E-state index in [1.807, 2.05) is 21.9 Å². The molecule has 0 spiro atoms. The topological polar surface area (TPSA) is 66.7 Å². The highest BCUT2D eigenvalue weighted by Crippen LogP contribution is 2.33. The summed E-state index contributed by atoms with van der Waals surface area (Å²) in [5.74, 6) is 0.167. The molecule has 2 aliphatic heterocycles. The van der Waals surface area contributed by atoms with Crippen molar-refractivity contribution in [3.05, 3.63) is 54.2 Å². The molecule has 2 fully saturated rings. The van der Waals surface area contributed by atoms with E-state index in [9.17, 15) is 9.59 Å². The summed E-state index contributed by atoms with van der Waals surface area (Å²) in [4.78, 5) is 33.0. The quantitative estimate of drug-likeness (QED) is 0.866. The van der Waals surface area contributed by atoms with Gasteiger partial charge in [0, 0.05) is 31.9 Å². The summed E-state index contributed by atoms with van der Waals surface area (Å²) in [5.41, 5.74) is 1.65. The Labute approximate surface area is 140 Å². The number of hydrogen-bond donors (Lipinski definition) is 0. The molecular weight excluding hydrogens is 306 g/mol. The Morgan fingerprint density at radius 1 is 1.21 bits per heavy atom. The molecule has 0 bridgehead atoms. The molecule has 4 heterocycles. The van der Waals surface area contributed by atoms with Crippen LogP contribution >= 0.6 is 0 Å². The highest BCUT2D eigenvalue weighted by atomic mass is 16.3. The van der Waals surface area contributed by atoms with Crippen LogP contribution in [-0.4, -0.2) is 45.2 Å². The molecule has 2 amide bonds. The van der Waals surface area contributed by atoms with Crippen molar-refractivity contribution in [2.45, 2.75) is 37.9 Å². The summed E-state index contributed by atoms with van der Waals surface area (Å²) in [6, 6.07) is 5.74. The first-order valence-corrected chi connectivity index (χ1v) is 8.25. The van der Waals surface area contributed by atoms with Crippen LogP contribution in [0.25, 0.3) is 0 Å². The van der Waals surface area contributed by atoms with Crippen molar-refractivity contribution < 1.29 is 14.0 Å². The van der Waals surface area contributed by atoms with E-state index >= 15 is 0 Å². The Hall–Kier alpha value is -2.63. The van der Waals surface area contributed by atoms with E-state index in [4.69, 9.17) is 4.42 Å². The van der Waals surface area contributed by atoms with Crippen LogP contribution in [0.1, 0.15) is 35.2 Å². The molecule has 0 radical (unpaired) electrons. The first-order valence-electron chi connectivity index (χ1n) is 8.25. The maximum absolute atomic E-state index is 12.7. The van der Waals surface area contributed by atoms with Crippen molar-refractivity contribution in [2.75, 3.05) is 6.54 Å². The van der Waals surface area contributed by atoms with Crippen LogP contribution in [0.5, 0.6) is 0 Å². The SMILES string of the molecule is O=C1CC[C@@H]2[C@@H](CCN2C(=O)c2ccoc2)N1Cc1ccncc1. The van der Waals surface area contributed by atoms with Crippen molar-refractivity contribution in [1.82, 2.24) is 14.8 Å². The molecule has 0 saturated carbocycles. The normalized spacial score (nSPS) is 23.4. The average molecular weight is 325 g/mol. The van der Waals surface area contributed by atoms with Gasteiger partial charge < -0.3 is 14.2 Å². The molecule has 0 aliphatic carbocycles. The van der Waals surface area contributed by atoms with Crippen LogP contribution in [0, 0.1) is 0 Å². The van der Waals surface area contributed by atoms with Gasteiger partial charge in [-0.1, -0.05) is 0 Å². The van der Waals surface area contributed by atoms with E-state index in [-0.39, 0.29) is 23.9 Å². The maximum Gasteiger partial charge on any atom is 0.257 e. The van der Waals surface area contributed by atoms with Gasteiger partial charge >= 0.3 is 0 Å². The Kier molecular flexibility index (Phi) is 3.80. The maximum atomic E-state index is 12.7. The zero-order valence-electron chi connectivity index (χ0n) is 13.3. The van der Waals surface area contributed by atoms with E-state index in [0.29, 0.717) is 25.1 Å². The van der Waals surface area contributed by atoms with Gasteiger partial charge in [0.25, 0.3) is 5.91 Å². The number of carbonyl (C=O) groups excluding carboxylic acids is 2. The number of amides is 2. The van der Waals surface area contributed by atoms with Gasteiger partial charge in [-0.15, -0.1) is 0 Å². The van der Waals surface area contributed by atoms with Crippen LogP contribution in [0.2, 0.25) is 0 Å². The van der Waals surface area contributed by atoms with E-state index in [2.05, 4.69) is 4.98 Å². The highest BCUT2D eigenvalue weighted by molar-refractivity contribution is 5.94. The minimum absolute atomic E-state index is 0.00513. The summed E-state index contributed by atoms with van der Waals surface area (Å²) in [5, 5.41) is 0. The number of nitrogens with zero attached hydrogens (tertiary/aromatic N) is 3. The third kappa shape index (κ3) is 2.58. The van der Waals surface area contributed by atoms with Gasteiger partial charge in [0.05, 0.1) is 23.9 Å². The minimum Gasteiger partial charge on any atom is -0.472 e. The van der Waals surface area contributed by atoms with Crippen molar-refractivity contribution in [3.8, 4) is 0 Å². The lowest BCUT2D eigenvalue weighted by Crippen LogP contribution is -2.52. The fourth-order valence-electron chi connectivity index (χ4n) is 3.84. The predicted molar refractivity (Wildman–Crippen MR) is 86.0 cm³/mol. The van der Waals surface area contributed by atoms with Crippen molar-refractivity contribution in [3.63, 3.8) is 0 Å². The number of piperidine rings is 1. The summed E-state index contributed by atoms with van der Waals surface area (Å²) in [7, 11) is 0. The van der Waals surface area contributed by atoms with Gasteiger partial charge in [-0.05, 0) is 36.6 Å². The molecule has 0 N–H and O–H groups in total. The lowest BCUT2D eigenvalue weighted by molar-refractivity contribution is -0.138. The number of rotatable bonds is 3. The zero-order valence-corrected chi connectivity index (χ0v) is 13.3. The third-order valence-corrected chi connectivity index (χ3v) is 5.02. The second-order valence-corrected chi connectivity index (χ2v) is 6.35. The zero-order chi connectivity index (χ0) is 16.5. The molecule has 24 heavy (non-hydrogen) atoms.